The minimum absolute atomic E-state index is 0.00165. The Morgan fingerprint density at radius 1 is 1.47 bits per heavy atom. The quantitative estimate of drug-likeness (QED) is 0.355. The third-order valence-corrected chi connectivity index (χ3v) is 2.49. The molecule has 0 aliphatic carbocycles. The normalized spacial score (nSPS) is 10.6. The van der Waals surface area contributed by atoms with Gasteiger partial charge in [-0.2, -0.15) is 5.10 Å². The number of amides is 1. The van der Waals surface area contributed by atoms with Crippen molar-refractivity contribution in [3.05, 3.63) is 39.9 Å². The molecule has 0 fully saturated rings. The van der Waals surface area contributed by atoms with E-state index in [0.717, 1.165) is 19.3 Å². The summed E-state index contributed by atoms with van der Waals surface area (Å²) < 4.78 is 0. The van der Waals surface area contributed by atoms with Gasteiger partial charge in [-0.1, -0.05) is 31.9 Å². The fourth-order valence-electron chi connectivity index (χ4n) is 1.49. The number of hydrogen-bond donors (Lipinski definition) is 1. The van der Waals surface area contributed by atoms with E-state index < -0.39 is 4.92 Å². The van der Waals surface area contributed by atoms with Crippen LogP contribution < -0.4 is 5.43 Å². The van der Waals surface area contributed by atoms with Crippen molar-refractivity contribution in [2.45, 2.75) is 32.6 Å². The molecule has 0 unspecified atom stereocenters. The van der Waals surface area contributed by atoms with Crippen LogP contribution in [0.5, 0.6) is 0 Å². The van der Waals surface area contributed by atoms with Gasteiger partial charge in [-0.25, -0.2) is 5.43 Å². The molecule has 1 aromatic rings. The van der Waals surface area contributed by atoms with Gasteiger partial charge in [-0.05, 0) is 6.42 Å². The van der Waals surface area contributed by atoms with Gasteiger partial charge in [0.2, 0.25) is 5.91 Å². The Morgan fingerprint density at radius 3 is 2.95 bits per heavy atom. The summed E-state index contributed by atoms with van der Waals surface area (Å²) in [5, 5.41) is 14.3. The predicted molar refractivity (Wildman–Crippen MR) is 73.0 cm³/mol. The van der Waals surface area contributed by atoms with Gasteiger partial charge in [0.25, 0.3) is 5.69 Å². The van der Waals surface area contributed by atoms with E-state index >= 15 is 0 Å². The summed E-state index contributed by atoms with van der Waals surface area (Å²) in [5.74, 6) is -0.143. The van der Waals surface area contributed by atoms with Gasteiger partial charge in [0.05, 0.1) is 11.1 Å². The van der Waals surface area contributed by atoms with Gasteiger partial charge in [0, 0.05) is 24.1 Å². The molecule has 1 aromatic carbocycles. The van der Waals surface area contributed by atoms with Crippen LogP contribution in [0, 0.1) is 10.1 Å². The number of non-ortho nitro benzene ring substituents is 1. The summed E-state index contributed by atoms with van der Waals surface area (Å²) in [4.78, 5) is 21.5. The Morgan fingerprint density at radius 2 is 2.26 bits per heavy atom. The van der Waals surface area contributed by atoms with Crippen LogP contribution in [0.15, 0.2) is 29.4 Å². The van der Waals surface area contributed by atoms with Crippen LogP contribution in [0.25, 0.3) is 0 Å². The second-order valence-corrected chi connectivity index (χ2v) is 4.10. The molecule has 1 N–H and O–H groups in total. The number of rotatable bonds is 7. The van der Waals surface area contributed by atoms with Crippen molar-refractivity contribution in [1.82, 2.24) is 5.43 Å². The molecular formula is C13H17N3O3. The summed E-state index contributed by atoms with van der Waals surface area (Å²) in [6.45, 7) is 2.07. The van der Waals surface area contributed by atoms with E-state index in [0.29, 0.717) is 12.0 Å². The molecule has 6 heteroatoms. The Hall–Kier alpha value is -2.24. The van der Waals surface area contributed by atoms with Crippen molar-refractivity contribution in [1.29, 1.82) is 0 Å². The van der Waals surface area contributed by atoms with Crippen molar-refractivity contribution < 1.29 is 9.72 Å². The summed E-state index contributed by atoms with van der Waals surface area (Å²) >= 11 is 0. The average molecular weight is 263 g/mol. The first-order chi connectivity index (χ1) is 9.13. The van der Waals surface area contributed by atoms with Crippen LogP contribution in [0.2, 0.25) is 0 Å². The topological polar surface area (TPSA) is 84.6 Å². The summed E-state index contributed by atoms with van der Waals surface area (Å²) in [5.41, 5.74) is 2.97. The number of nitrogens with one attached hydrogen (secondary N) is 1. The van der Waals surface area contributed by atoms with E-state index in [1.807, 2.05) is 0 Å². The molecule has 0 saturated carbocycles. The van der Waals surface area contributed by atoms with Crippen LogP contribution in [0.3, 0.4) is 0 Å². The first kappa shape index (κ1) is 14.8. The Balaban J connectivity index is 2.46. The van der Waals surface area contributed by atoms with Crippen LogP contribution in [-0.2, 0) is 4.79 Å². The van der Waals surface area contributed by atoms with Gasteiger partial charge in [-0.15, -0.1) is 0 Å². The maximum atomic E-state index is 11.4. The monoisotopic (exact) mass is 263 g/mol. The highest BCUT2D eigenvalue weighted by Gasteiger charge is 2.04. The minimum Gasteiger partial charge on any atom is -0.273 e. The second-order valence-electron chi connectivity index (χ2n) is 4.10. The standard InChI is InChI=1S/C13H17N3O3/c1-2-3-4-8-13(17)15-14-10-11-6-5-7-12(9-11)16(18)19/h5-7,9-10H,2-4,8H2,1H3,(H,15,17)/b14-10+. The number of hydrogen-bond acceptors (Lipinski definition) is 4. The SMILES string of the molecule is CCCCCC(=O)N/N=C/c1cccc([N+](=O)[O-])c1. The van der Waals surface area contributed by atoms with E-state index in [1.54, 1.807) is 12.1 Å². The largest absolute Gasteiger partial charge is 0.273 e. The Bertz CT molecular complexity index is 472. The average Bonchev–Trinajstić information content (AvgIpc) is 2.39. The molecule has 102 valence electrons. The smallest absolute Gasteiger partial charge is 0.270 e. The molecule has 0 spiro atoms. The van der Waals surface area contributed by atoms with Crippen molar-refractivity contribution in [2.24, 2.45) is 5.10 Å². The Labute approximate surface area is 111 Å². The fraction of sp³-hybridized carbons (Fsp3) is 0.385. The molecule has 0 heterocycles. The third-order valence-electron chi connectivity index (χ3n) is 2.49. The maximum Gasteiger partial charge on any atom is 0.270 e. The lowest BCUT2D eigenvalue weighted by atomic mass is 10.2. The van der Waals surface area contributed by atoms with Gasteiger partial charge >= 0.3 is 0 Å². The lowest BCUT2D eigenvalue weighted by Gasteiger charge is -1.98. The molecule has 1 rings (SSSR count). The third kappa shape index (κ3) is 5.76. The fourth-order valence-corrected chi connectivity index (χ4v) is 1.49. The lowest BCUT2D eigenvalue weighted by molar-refractivity contribution is -0.384. The zero-order chi connectivity index (χ0) is 14.1. The van der Waals surface area contributed by atoms with Crippen molar-refractivity contribution >= 4 is 17.8 Å². The molecular weight excluding hydrogens is 246 g/mol. The molecule has 0 aromatic heterocycles. The van der Waals surface area contributed by atoms with Crippen molar-refractivity contribution in [3.63, 3.8) is 0 Å². The number of unbranched alkanes of at least 4 members (excludes halogenated alkanes) is 2. The number of nitro groups is 1. The molecule has 1 amide bonds. The van der Waals surface area contributed by atoms with Gasteiger partial charge in [-0.3, -0.25) is 14.9 Å². The number of nitro benzene ring substituents is 1. The van der Waals surface area contributed by atoms with Crippen LogP contribution >= 0.6 is 0 Å². The lowest BCUT2D eigenvalue weighted by Crippen LogP contribution is -2.16. The maximum absolute atomic E-state index is 11.4. The van der Waals surface area contributed by atoms with Crippen LogP contribution in [-0.4, -0.2) is 17.0 Å². The van der Waals surface area contributed by atoms with E-state index in [1.165, 1.54) is 18.3 Å². The minimum atomic E-state index is -0.472. The number of carbonyl (C=O) groups excluding carboxylic acids is 1. The highest BCUT2D eigenvalue weighted by molar-refractivity contribution is 5.83. The predicted octanol–water partition coefficient (Wildman–Crippen LogP) is 2.63. The summed E-state index contributed by atoms with van der Waals surface area (Å²) in [6.07, 6.45) is 4.76. The molecule has 6 nitrogen and oxygen atoms in total. The molecule has 0 aliphatic rings. The number of benzene rings is 1. The number of carbonyl (C=O) groups is 1. The van der Waals surface area contributed by atoms with E-state index in [2.05, 4.69) is 17.5 Å². The zero-order valence-electron chi connectivity index (χ0n) is 10.8. The highest BCUT2D eigenvalue weighted by Crippen LogP contribution is 2.11. The van der Waals surface area contributed by atoms with Crippen molar-refractivity contribution in [2.75, 3.05) is 0 Å². The number of nitrogens with zero attached hydrogens (tertiary/aromatic N) is 2. The van der Waals surface area contributed by atoms with E-state index in [4.69, 9.17) is 0 Å². The molecule has 0 atom stereocenters. The summed E-state index contributed by atoms with van der Waals surface area (Å²) in [6, 6.07) is 6.05. The zero-order valence-corrected chi connectivity index (χ0v) is 10.8. The van der Waals surface area contributed by atoms with Crippen molar-refractivity contribution in [3.8, 4) is 0 Å². The summed E-state index contributed by atoms with van der Waals surface area (Å²) in [7, 11) is 0. The molecule has 0 saturated heterocycles. The van der Waals surface area contributed by atoms with E-state index in [-0.39, 0.29) is 11.6 Å². The molecule has 0 bridgehead atoms. The van der Waals surface area contributed by atoms with Gasteiger partial charge in [0.1, 0.15) is 0 Å². The molecule has 0 radical (unpaired) electrons. The Kier molecular flexibility index (Phi) is 6.21. The first-order valence-corrected chi connectivity index (χ1v) is 6.20. The highest BCUT2D eigenvalue weighted by atomic mass is 16.6. The van der Waals surface area contributed by atoms with Crippen LogP contribution in [0.1, 0.15) is 38.2 Å². The molecule has 0 aliphatic heterocycles. The van der Waals surface area contributed by atoms with Gasteiger partial charge in [0.15, 0.2) is 0 Å². The van der Waals surface area contributed by atoms with Crippen LogP contribution in [0.4, 0.5) is 5.69 Å². The molecule has 19 heavy (non-hydrogen) atoms. The second kappa shape index (κ2) is 7.97. The van der Waals surface area contributed by atoms with E-state index in [9.17, 15) is 14.9 Å². The van der Waals surface area contributed by atoms with Gasteiger partial charge < -0.3 is 0 Å². The number of hydrazone groups is 1. The first-order valence-electron chi connectivity index (χ1n) is 6.20.